The minimum absolute atomic E-state index is 0.00576. The van der Waals surface area contributed by atoms with Crippen LogP contribution in [-0.2, 0) is 32.6 Å². The molecular weight excluding hydrogens is 645 g/mol. The average molecular weight is 683 g/mol. The van der Waals surface area contributed by atoms with E-state index in [9.17, 15) is 18.0 Å². The number of rotatable bonds is 13. The van der Waals surface area contributed by atoms with Crippen LogP contribution in [0.5, 0.6) is 5.75 Å². The number of carbonyl (C=O) groups excluding carboxylic acids is 2. The smallest absolute Gasteiger partial charge is 0.264 e. The van der Waals surface area contributed by atoms with Crippen LogP contribution in [0.25, 0.3) is 0 Å². The molecule has 0 unspecified atom stereocenters. The fourth-order valence-corrected chi connectivity index (χ4v) is 6.70. The number of nitrogens with zero attached hydrogens (tertiary/aromatic N) is 2. The lowest BCUT2D eigenvalue weighted by molar-refractivity contribution is -0.140. The summed E-state index contributed by atoms with van der Waals surface area (Å²) in [5, 5.41) is 3.57. The summed E-state index contributed by atoms with van der Waals surface area (Å²) in [6, 6.07) is 26.1. The highest BCUT2D eigenvalue weighted by Gasteiger charge is 2.35. The van der Waals surface area contributed by atoms with Crippen molar-refractivity contribution in [3.05, 3.63) is 124 Å². The number of carbonyl (C=O) groups is 2. The molecule has 0 spiro atoms. The molecule has 0 radical (unpaired) electrons. The van der Waals surface area contributed by atoms with E-state index < -0.39 is 28.5 Å². The molecule has 11 heteroatoms. The molecule has 46 heavy (non-hydrogen) atoms. The number of hydrogen-bond acceptors (Lipinski definition) is 5. The molecular formula is C35H37Cl2N3O5S. The number of aryl methyl sites for hydroxylation is 1. The van der Waals surface area contributed by atoms with Crippen LogP contribution in [0.15, 0.2) is 102 Å². The number of hydrogen-bond donors (Lipinski definition) is 1. The first-order valence-electron chi connectivity index (χ1n) is 14.7. The predicted molar refractivity (Wildman–Crippen MR) is 183 cm³/mol. The Bertz CT molecular complexity index is 1770. The molecule has 2 amide bonds. The number of para-hydroxylation sites is 2. The summed E-state index contributed by atoms with van der Waals surface area (Å²) in [5.74, 6) is -0.717. The molecule has 0 aromatic heterocycles. The average Bonchev–Trinajstić information content (AvgIpc) is 3.03. The van der Waals surface area contributed by atoms with Crippen molar-refractivity contribution < 1.29 is 22.7 Å². The topological polar surface area (TPSA) is 96.0 Å². The van der Waals surface area contributed by atoms with Crippen LogP contribution >= 0.6 is 23.2 Å². The SMILES string of the molecule is COc1ccccc1N(CC(=O)N(Cc1ccc(Cl)c(Cl)c1)[C@H](Cc1ccccc1)C(=O)NC(C)C)S(=O)(=O)c1ccc(C)cc1. The van der Waals surface area contributed by atoms with Crippen molar-refractivity contribution in [2.24, 2.45) is 0 Å². The van der Waals surface area contributed by atoms with Gasteiger partial charge in [0.25, 0.3) is 10.0 Å². The van der Waals surface area contributed by atoms with Crippen molar-refractivity contribution in [1.29, 1.82) is 0 Å². The van der Waals surface area contributed by atoms with Crippen LogP contribution < -0.4 is 14.4 Å². The molecule has 8 nitrogen and oxygen atoms in total. The molecule has 0 saturated heterocycles. The number of sulfonamides is 1. The Morgan fingerprint density at radius 3 is 2.13 bits per heavy atom. The van der Waals surface area contributed by atoms with E-state index in [0.29, 0.717) is 10.6 Å². The Morgan fingerprint density at radius 1 is 0.848 bits per heavy atom. The standard InChI is InChI=1S/C35H37Cl2N3O5S/c1-24(2)38-35(42)32(21-26-10-6-5-7-11-26)39(22-27-16-19-29(36)30(37)20-27)34(41)23-40(31-12-8-9-13-33(31)45-4)46(43,44)28-17-14-25(3)15-18-28/h5-20,24,32H,21-23H2,1-4H3,(H,38,42)/t32-/m1/s1. The Balaban J connectivity index is 1.84. The van der Waals surface area contributed by atoms with E-state index in [1.807, 2.05) is 51.1 Å². The van der Waals surface area contributed by atoms with Gasteiger partial charge in [0, 0.05) is 19.0 Å². The second-order valence-corrected chi connectivity index (χ2v) is 13.8. The normalized spacial score (nSPS) is 12.0. The van der Waals surface area contributed by atoms with Crippen molar-refractivity contribution in [1.82, 2.24) is 10.2 Å². The van der Waals surface area contributed by atoms with Gasteiger partial charge in [0.2, 0.25) is 11.8 Å². The molecule has 0 heterocycles. The maximum Gasteiger partial charge on any atom is 0.264 e. The highest BCUT2D eigenvalue weighted by molar-refractivity contribution is 7.92. The van der Waals surface area contributed by atoms with Crippen LogP contribution in [0.4, 0.5) is 5.69 Å². The van der Waals surface area contributed by atoms with Gasteiger partial charge in [-0.2, -0.15) is 0 Å². The van der Waals surface area contributed by atoms with Gasteiger partial charge in [-0.05, 0) is 68.3 Å². The Morgan fingerprint density at radius 2 is 1.50 bits per heavy atom. The lowest BCUT2D eigenvalue weighted by Gasteiger charge is -2.34. The van der Waals surface area contributed by atoms with Gasteiger partial charge in [-0.25, -0.2) is 8.42 Å². The van der Waals surface area contributed by atoms with E-state index in [1.54, 1.807) is 54.6 Å². The van der Waals surface area contributed by atoms with Crippen LogP contribution in [0.3, 0.4) is 0 Å². The number of nitrogens with one attached hydrogen (secondary N) is 1. The van der Waals surface area contributed by atoms with Crippen molar-refractivity contribution in [3.8, 4) is 5.75 Å². The second kappa shape index (κ2) is 15.5. The number of benzene rings is 4. The zero-order valence-corrected chi connectivity index (χ0v) is 28.4. The first kappa shape index (κ1) is 34.8. The van der Waals surface area contributed by atoms with Gasteiger partial charge in [-0.3, -0.25) is 13.9 Å². The van der Waals surface area contributed by atoms with Gasteiger partial charge < -0.3 is 15.0 Å². The zero-order valence-electron chi connectivity index (χ0n) is 26.1. The quantitative estimate of drug-likeness (QED) is 0.170. The minimum Gasteiger partial charge on any atom is -0.495 e. The van der Waals surface area contributed by atoms with E-state index in [0.717, 1.165) is 15.4 Å². The Labute approximate surface area is 280 Å². The van der Waals surface area contributed by atoms with Crippen molar-refractivity contribution >= 4 is 50.7 Å². The van der Waals surface area contributed by atoms with Crippen LogP contribution in [-0.4, -0.2) is 50.9 Å². The lowest BCUT2D eigenvalue weighted by Crippen LogP contribution is -2.54. The third kappa shape index (κ3) is 8.60. The molecule has 0 aliphatic rings. The highest BCUT2D eigenvalue weighted by atomic mass is 35.5. The lowest BCUT2D eigenvalue weighted by atomic mass is 10.0. The fourth-order valence-electron chi connectivity index (χ4n) is 4.96. The second-order valence-electron chi connectivity index (χ2n) is 11.1. The number of anilines is 1. The minimum atomic E-state index is -4.27. The molecule has 4 rings (SSSR count). The van der Waals surface area contributed by atoms with E-state index >= 15 is 0 Å². The van der Waals surface area contributed by atoms with Crippen molar-refractivity contribution in [2.45, 2.75) is 50.7 Å². The Kier molecular flexibility index (Phi) is 11.7. The molecule has 1 N–H and O–H groups in total. The molecule has 4 aromatic rings. The summed E-state index contributed by atoms with van der Waals surface area (Å²) in [5.41, 5.74) is 2.50. The van der Waals surface area contributed by atoms with Crippen molar-refractivity contribution in [2.75, 3.05) is 18.0 Å². The highest BCUT2D eigenvalue weighted by Crippen LogP contribution is 2.33. The van der Waals surface area contributed by atoms with Gasteiger partial charge in [0.05, 0.1) is 27.7 Å². The largest absolute Gasteiger partial charge is 0.495 e. The molecule has 0 fully saturated rings. The monoisotopic (exact) mass is 681 g/mol. The molecule has 1 atom stereocenters. The number of methoxy groups -OCH3 is 1. The molecule has 0 saturated carbocycles. The molecule has 0 aliphatic carbocycles. The van der Waals surface area contributed by atoms with E-state index in [1.165, 1.54) is 24.1 Å². The third-order valence-corrected chi connectivity index (χ3v) is 9.79. The van der Waals surface area contributed by atoms with E-state index in [2.05, 4.69) is 5.32 Å². The van der Waals surface area contributed by atoms with Gasteiger partial charge in [-0.15, -0.1) is 0 Å². The van der Waals surface area contributed by atoms with Crippen LogP contribution in [0.2, 0.25) is 10.0 Å². The molecule has 242 valence electrons. The van der Waals surface area contributed by atoms with Gasteiger partial charge in [0.1, 0.15) is 18.3 Å². The summed E-state index contributed by atoms with van der Waals surface area (Å²) >= 11 is 12.5. The predicted octanol–water partition coefficient (Wildman–Crippen LogP) is 6.67. The maximum absolute atomic E-state index is 14.6. The molecule has 0 bridgehead atoms. The van der Waals surface area contributed by atoms with Crippen LogP contribution in [0, 0.1) is 6.92 Å². The fraction of sp³-hybridized carbons (Fsp3) is 0.257. The first-order valence-corrected chi connectivity index (χ1v) is 16.9. The number of halogens is 2. The van der Waals surface area contributed by atoms with E-state index in [4.69, 9.17) is 27.9 Å². The van der Waals surface area contributed by atoms with Crippen molar-refractivity contribution in [3.63, 3.8) is 0 Å². The van der Waals surface area contributed by atoms with Gasteiger partial charge in [-0.1, -0.05) is 89.4 Å². The summed E-state index contributed by atoms with van der Waals surface area (Å²) in [4.78, 5) is 29.8. The van der Waals surface area contributed by atoms with E-state index in [-0.39, 0.29) is 46.3 Å². The number of amides is 2. The summed E-state index contributed by atoms with van der Waals surface area (Å²) in [7, 11) is -2.84. The maximum atomic E-state index is 14.6. The zero-order chi connectivity index (χ0) is 33.4. The van der Waals surface area contributed by atoms with Gasteiger partial charge in [0.15, 0.2) is 0 Å². The van der Waals surface area contributed by atoms with Gasteiger partial charge >= 0.3 is 0 Å². The van der Waals surface area contributed by atoms with Crippen LogP contribution in [0.1, 0.15) is 30.5 Å². The third-order valence-electron chi connectivity index (χ3n) is 7.28. The summed E-state index contributed by atoms with van der Waals surface area (Å²) in [6.07, 6.45) is 0.186. The molecule has 0 aliphatic heterocycles. The molecule has 4 aromatic carbocycles. The summed E-state index contributed by atoms with van der Waals surface area (Å²) in [6.45, 7) is 4.87. The number of ether oxygens (including phenoxy) is 1. The first-order chi connectivity index (χ1) is 21.9. The summed E-state index contributed by atoms with van der Waals surface area (Å²) < 4.78 is 35.0. The Hall–Kier alpha value is -4.05.